The first-order valence-corrected chi connectivity index (χ1v) is 5.54. The van der Waals surface area contributed by atoms with Gasteiger partial charge < -0.3 is 4.90 Å². The summed E-state index contributed by atoms with van der Waals surface area (Å²) in [5.74, 6) is -0.642. The van der Waals surface area contributed by atoms with Crippen LogP contribution in [0, 0.1) is 27.4 Å². The van der Waals surface area contributed by atoms with Crippen molar-refractivity contribution in [3.63, 3.8) is 0 Å². The van der Waals surface area contributed by atoms with Gasteiger partial charge >= 0.3 is 0 Å². The zero-order chi connectivity index (χ0) is 13.3. The van der Waals surface area contributed by atoms with E-state index in [-0.39, 0.29) is 35.3 Å². The SMILES string of the molecule is N#CC1CC(=O)N(c2cc([N+](=O)[O-])ccc2Cl)C1. The van der Waals surface area contributed by atoms with Gasteiger partial charge in [-0.25, -0.2) is 0 Å². The monoisotopic (exact) mass is 265 g/mol. The largest absolute Gasteiger partial charge is 0.309 e. The molecule has 18 heavy (non-hydrogen) atoms. The first-order chi connectivity index (χ1) is 8.52. The van der Waals surface area contributed by atoms with Crippen molar-refractivity contribution >= 4 is 28.9 Å². The van der Waals surface area contributed by atoms with Crippen LogP contribution in [0.25, 0.3) is 0 Å². The number of hydrogen-bond donors (Lipinski definition) is 0. The first-order valence-electron chi connectivity index (χ1n) is 5.17. The number of nitro benzene ring substituents is 1. The minimum absolute atomic E-state index is 0.121. The lowest BCUT2D eigenvalue weighted by molar-refractivity contribution is -0.384. The Morgan fingerprint density at radius 3 is 2.83 bits per heavy atom. The van der Waals surface area contributed by atoms with Crippen molar-refractivity contribution in [2.75, 3.05) is 11.4 Å². The molecule has 1 aromatic rings. The molecule has 1 unspecified atom stereocenters. The van der Waals surface area contributed by atoms with E-state index >= 15 is 0 Å². The Balaban J connectivity index is 2.39. The van der Waals surface area contributed by atoms with E-state index in [0.29, 0.717) is 0 Å². The number of carbonyl (C=O) groups excluding carboxylic acids is 1. The maximum atomic E-state index is 11.7. The van der Waals surface area contributed by atoms with Crippen molar-refractivity contribution in [1.29, 1.82) is 5.26 Å². The van der Waals surface area contributed by atoms with E-state index in [9.17, 15) is 14.9 Å². The third-order valence-electron chi connectivity index (χ3n) is 2.74. The second kappa shape index (κ2) is 4.63. The molecule has 0 spiro atoms. The third kappa shape index (κ3) is 2.13. The average molecular weight is 266 g/mol. The van der Waals surface area contributed by atoms with E-state index < -0.39 is 10.8 Å². The van der Waals surface area contributed by atoms with Crippen molar-refractivity contribution in [2.24, 2.45) is 5.92 Å². The molecule has 92 valence electrons. The van der Waals surface area contributed by atoms with Gasteiger partial charge in [0.2, 0.25) is 5.91 Å². The number of benzene rings is 1. The molecule has 1 amide bonds. The average Bonchev–Trinajstić information content (AvgIpc) is 2.71. The summed E-state index contributed by atoms with van der Waals surface area (Å²) in [7, 11) is 0. The van der Waals surface area contributed by atoms with Gasteiger partial charge in [-0.15, -0.1) is 0 Å². The second-order valence-corrected chi connectivity index (χ2v) is 4.33. The van der Waals surface area contributed by atoms with Gasteiger partial charge in [0.05, 0.1) is 27.6 Å². The van der Waals surface area contributed by atoms with Crippen LogP contribution in [-0.4, -0.2) is 17.4 Å². The van der Waals surface area contributed by atoms with E-state index in [4.69, 9.17) is 16.9 Å². The molecule has 0 aliphatic carbocycles. The molecule has 1 aliphatic heterocycles. The van der Waals surface area contributed by atoms with Crippen LogP contribution >= 0.6 is 11.6 Å². The Kier molecular flexibility index (Phi) is 3.17. The summed E-state index contributed by atoms with van der Waals surface area (Å²) >= 11 is 5.94. The predicted octanol–water partition coefficient (Wildman–Crippen LogP) is 2.12. The summed E-state index contributed by atoms with van der Waals surface area (Å²) in [6.45, 7) is 0.218. The normalized spacial score (nSPS) is 18.8. The van der Waals surface area contributed by atoms with Gasteiger partial charge in [0.15, 0.2) is 0 Å². The molecule has 2 rings (SSSR count). The van der Waals surface area contributed by atoms with Crippen LogP contribution in [0.3, 0.4) is 0 Å². The zero-order valence-corrected chi connectivity index (χ0v) is 9.92. The number of nitrogens with zero attached hydrogens (tertiary/aromatic N) is 3. The first kappa shape index (κ1) is 12.3. The van der Waals surface area contributed by atoms with Crippen LogP contribution in [0.15, 0.2) is 18.2 Å². The fourth-order valence-electron chi connectivity index (χ4n) is 1.85. The quantitative estimate of drug-likeness (QED) is 0.605. The van der Waals surface area contributed by atoms with Gasteiger partial charge in [0.25, 0.3) is 5.69 Å². The lowest BCUT2D eigenvalue weighted by Crippen LogP contribution is -2.24. The number of nitro groups is 1. The minimum atomic E-state index is -0.553. The number of rotatable bonds is 2. The van der Waals surface area contributed by atoms with Gasteiger partial charge in [-0.3, -0.25) is 14.9 Å². The van der Waals surface area contributed by atoms with Gasteiger partial charge in [0, 0.05) is 25.1 Å². The lowest BCUT2D eigenvalue weighted by Gasteiger charge is -2.16. The van der Waals surface area contributed by atoms with Crippen LogP contribution in [0.4, 0.5) is 11.4 Å². The number of carbonyl (C=O) groups is 1. The third-order valence-corrected chi connectivity index (χ3v) is 3.06. The number of nitriles is 1. The van der Waals surface area contributed by atoms with Crippen LogP contribution < -0.4 is 4.90 Å². The number of anilines is 1. The van der Waals surface area contributed by atoms with Crippen LogP contribution in [0.1, 0.15) is 6.42 Å². The molecule has 0 radical (unpaired) electrons. The van der Waals surface area contributed by atoms with Crippen LogP contribution in [0.2, 0.25) is 5.02 Å². The van der Waals surface area contributed by atoms with Crippen LogP contribution in [0.5, 0.6) is 0 Å². The molecule has 1 heterocycles. The molecule has 0 saturated carbocycles. The Bertz CT molecular complexity index is 567. The molecular formula is C11H8ClN3O3. The second-order valence-electron chi connectivity index (χ2n) is 3.93. The van der Waals surface area contributed by atoms with Gasteiger partial charge in [-0.1, -0.05) is 11.6 Å². The molecule has 1 aromatic carbocycles. The van der Waals surface area contributed by atoms with Crippen molar-refractivity contribution in [3.05, 3.63) is 33.3 Å². The lowest BCUT2D eigenvalue weighted by atomic mass is 10.1. The summed E-state index contributed by atoms with van der Waals surface area (Å²) in [6.07, 6.45) is 0.121. The molecule has 1 saturated heterocycles. The van der Waals surface area contributed by atoms with Crippen molar-refractivity contribution in [3.8, 4) is 6.07 Å². The highest BCUT2D eigenvalue weighted by atomic mass is 35.5. The zero-order valence-electron chi connectivity index (χ0n) is 9.17. The summed E-state index contributed by atoms with van der Waals surface area (Å²) in [5.41, 5.74) is 0.149. The summed E-state index contributed by atoms with van der Waals surface area (Å²) in [6, 6.07) is 5.91. The summed E-state index contributed by atoms with van der Waals surface area (Å²) < 4.78 is 0. The maximum absolute atomic E-state index is 11.7. The Labute approximate surface area is 108 Å². The van der Waals surface area contributed by atoms with Crippen molar-refractivity contribution in [1.82, 2.24) is 0 Å². The maximum Gasteiger partial charge on any atom is 0.271 e. The molecule has 1 aliphatic rings. The number of halogens is 1. The minimum Gasteiger partial charge on any atom is -0.309 e. The van der Waals surface area contributed by atoms with E-state index in [1.807, 2.05) is 6.07 Å². The fraction of sp³-hybridized carbons (Fsp3) is 0.273. The molecular weight excluding hydrogens is 258 g/mol. The van der Waals surface area contributed by atoms with E-state index in [1.165, 1.54) is 23.1 Å². The Morgan fingerprint density at radius 1 is 1.56 bits per heavy atom. The number of amides is 1. The molecule has 0 aromatic heterocycles. The van der Waals surface area contributed by atoms with Crippen molar-refractivity contribution in [2.45, 2.75) is 6.42 Å². The highest BCUT2D eigenvalue weighted by molar-refractivity contribution is 6.34. The summed E-state index contributed by atoms with van der Waals surface area (Å²) in [4.78, 5) is 23.2. The molecule has 0 N–H and O–H groups in total. The number of hydrogen-bond acceptors (Lipinski definition) is 4. The predicted molar refractivity (Wildman–Crippen MR) is 64.2 cm³/mol. The molecule has 1 atom stereocenters. The van der Waals surface area contributed by atoms with Gasteiger partial charge in [-0.05, 0) is 6.07 Å². The highest BCUT2D eigenvalue weighted by Crippen LogP contribution is 2.33. The summed E-state index contributed by atoms with van der Waals surface area (Å²) in [5, 5.41) is 19.7. The van der Waals surface area contributed by atoms with E-state index in [2.05, 4.69) is 0 Å². The van der Waals surface area contributed by atoms with Gasteiger partial charge in [-0.2, -0.15) is 5.26 Å². The Morgan fingerprint density at radius 2 is 2.28 bits per heavy atom. The topological polar surface area (TPSA) is 87.2 Å². The van der Waals surface area contributed by atoms with Crippen LogP contribution in [-0.2, 0) is 4.79 Å². The van der Waals surface area contributed by atoms with Crippen molar-refractivity contribution < 1.29 is 9.72 Å². The van der Waals surface area contributed by atoms with E-state index in [1.54, 1.807) is 0 Å². The molecule has 0 bridgehead atoms. The fourth-order valence-corrected chi connectivity index (χ4v) is 2.07. The molecule has 6 nitrogen and oxygen atoms in total. The van der Waals surface area contributed by atoms with E-state index in [0.717, 1.165) is 0 Å². The molecule has 7 heteroatoms. The standard InChI is InChI=1S/C11H8ClN3O3/c12-9-2-1-8(15(17)18)4-10(9)14-6-7(5-13)3-11(14)16/h1-2,4,7H,3,6H2. The Hall–Kier alpha value is -2.13. The smallest absolute Gasteiger partial charge is 0.271 e. The number of non-ortho nitro benzene ring substituents is 1. The highest BCUT2D eigenvalue weighted by Gasteiger charge is 2.32. The molecule has 1 fully saturated rings. The van der Waals surface area contributed by atoms with Gasteiger partial charge in [0.1, 0.15) is 0 Å².